The number of aliphatic hydroxyl groups excluding tert-OH is 1. The quantitative estimate of drug-likeness (QED) is 0.671. The molecule has 0 bridgehead atoms. The number of carbonyl (C=O) groups is 1. The second-order valence-electron chi connectivity index (χ2n) is 4.07. The fourth-order valence-corrected chi connectivity index (χ4v) is 1.41. The Morgan fingerprint density at radius 2 is 1.62 bits per heavy atom. The molecule has 0 aliphatic rings. The third kappa shape index (κ3) is 6.44. The normalized spacial score (nSPS) is 10.8. The van der Waals surface area contributed by atoms with Crippen molar-refractivity contribution in [1.29, 1.82) is 0 Å². The molecule has 112 valence electrons. The molecule has 0 amide bonds. The third-order valence-corrected chi connectivity index (χ3v) is 2.34. The molecule has 21 heavy (non-hydrogen) atoms. The molecule has 0 fully saturated rings. The number of phenolic OH excluding ortho intramolecular Hbond substituents is 1. The predicted octanol–water partition coefficient (Wildman–Crippen LogP) is 2.58. The maximum absolute atomic E-state index is 10.8. The van der Waals surface area contributed by atoms with Crippen LogP contribution in [-0.2, 0) is 4.74 Å². The van der Waals surface area contributed by atoms with Crippen molar-refractivity contribution in [2.75, 3.05) is 7.11 Å². The number of hydrogen-bond donors (Lipinski definition) is 2. The molecule has 0 saturated carbocycles. The van der Waals surface area contributed by atoms with Crippen molar-refractivity contribution >= 4 is 5.97 Å². The van der Waals surface area contributed by atoms with Crippen molar-refractivity contribution in [3.05, 3.63) is 60.2 Å². The molecule has 5 nitrogen and oxygen atoms in total. The number of benzene rings is 2. The molecule has 0 aliphatic heterocycles. The SMILES string of the molecule is CC(O)Oc1ccccc1.COC(=O)c1ccc(O)cc1. The zero-order chi connectivity index (χ0) is 15.7. The maximum Gasteiger partial charge on any atom is 0.337 e. The minimum absolute atomic E-state index is 0.137. The molecule has 0 aromatic heterocycles. The van der Waals surface area contributed by atoms with Gasteiger partial charge in [0.15, 0.2) is 6.29 Å². The van der Waals surface area contributed by atoms with Crippen molar-refractivity contribution in [1.82, 2.24) is 0 Å². The van der Waals surface area contributed by atoms with Crippen LogP contribution >= 0.6 is 0 Å². The number of hydrogen-bond acceptors (Lipinski definition) is 5. The predicted molar refractivity (Wildman–Crippen MR) is 78.2 cm³/mol. The van der Waals surface area contributed by atoms with E-state index in [1.165, 1.54) is 31.4 Å². The number of para-hydroxylation sites is 1. The van der Waals surface area contributed by atoms with E-state index < -0.39 is 12.3 Å². The van der Waals surface area contributed by atoms with Gasteiger partial charge >= 0.3 is 5.97 Å². The topological polar surface area (TPSA) is 76.0 Å². The Morgan fingerprint density at radius 3 is 2.10 bits per heavy atom. The number of esters is 1. The lowest BCUT2D eigenvalue weighted by Crippen LogP contribution is -2.08. The first-order valence-corrected chi connectivity index (χ1v) is 6.30. The molecule has 1 unspecified atom stereocenters. The summed E-state index contributed by atoms with van der Waals surface area (Å²) in [6.07, 6.45) is -0.734. The van der Waals surface area contributed by atoms with E-state index in [1.807, 2.05) is 18.2 Å². The van der Waals surface area contributed by atoms with E-state index in [1.54, 1.807) is 19.1 Å². The van der Waals surface area contributed by atoms with Gasteiger partial charge in [0.1, 0.15) is 11.5 Å². The van der Waals surface area contributed by atoms with Crippen LogP contribution in [0, 0.1) is 0 Å². The number of methoxy groups -OCH3 is 1. The van der Waals surface area contributed by atoms with Gasteiger partial charge in [0.05, 0.1) is 12.7 Å². The van der Waals surface area contributed by atoms with Crippen molar-refractivity contribution in [3.8, 4) is 11.5 Å². The van der Waals surface area contributed by atoms with Gasteiger partial charge < -0.3 is 19.7 Å². The van der Waals surface area contributed by atoms with Gasteiger partial charge in [0.2, 0.25) is 0 Å². The van der Waals surface area contributed by atoms with Gasteiger partial charge in [-0.2, -0.15) is 0 Å². The Hall–Kier alpha value is -2.53. The highest BCUT2D eigenvalue weighted by Gasteiger charge is 2.02. The van der Waals surface area contributed by atoms with Crippen LogP contribution in [0.3, 0.4) is 0 Å². The van der Waals surface area contributed by atoms with Crippen LogP contribution in [0.1, 0.15) is 17.3 Å². The number of phenols is 1. The van der Waals surface area contributed by atoms with Crippen LogP contribution in [0.25, 0.3) is 0 Å². The van der Waals surface area contributed by atoms with Crippen molar-refractivity contribution in [2.24, 2.45) is 0 Å². The molecule has 5 heteroatoms. The molecule has 0 aliphatic carbocycles. The fourth-order valence-electron chi connectivity index (χ4n) is 1.41. The molecule has 0 heterocycles. The number of ether oxygens (including phenoxy) is 2. The lowest BCUT2D eigenvalue weighted by Gasteiger charge is -2.06. The number of aromatic hydroxyl groups is 1. The lowest BCUT2D eigenvalue weighted by atomic mass is 10.2. The summed E-state index contributed by atoms with van der Waals surface area (Å²) in [5, 5.41) is 17.6. The Balaban J connectivity index is 0.000000211. The van der Waals surface area contributed by atoms with Gasteiger partial charge in [-0.05, 0) is 43.3 Å². The van der Waals surface area contributed by atoms with Gasteiger partial charge in [-0.3, -0.25) is 0 Å². The lowest BCUT2D eigenvalue weighted by molar-refractivity contribution is -0.000297. The van der Waals surface area contributed by atoms with E-state index in [4.69, 9.17) is 14.9 Å². The molecule has 2 rings (SSSR count). The summed E-state index contributed by atoms with van der Waals surface area (Å²) in [6.45, 7) is 1.58. The number of carbonyl (C=O) groups excluding carboxylic acids is 1. The Kier molecular flexibility index (Phi) is 6.77. The molecule has 2 N–H and O–H groups in total. The molecule has 1 atom stereocenters. The average molecular weight is 290 g/mol. The van der Waals surface area contributed by atoms with E-state index in [9.17, 15) is 4.79 Å². The van der Waals surface area contributed by atoms with E-state index in [2.05, 4.69) is 4.74 Å². The summed E-state index contributed by atoms with van der Waals surface area (Å²) in [5.74, 6) is 0.431. The summed E-state index contributed by atoms with van der Waals surface area (Å²) in [5.41, 5.74) is 0.435. The summed E-state index contributed by atoms with van der Waals surface area (Å²) < 4.78 is 9.43. The summed E-state index contributed by atoms with van der Waals surface area (Å²) in [4.78, 5) is 10.8. The summed E-state index contributed by atoms with van der Waals surface area (Å²) in [6, 6.07) is 15.1. The smallest absolute Gasteiger partial charge is 0.337 e. The molecular weight excluding hydrogens is 272 g/mol. The standard InChI is InChI=1S/C8H8O3.C8H10O2/c1-11-8(10)6-2-4-7(9)5-3-6;1-7(9)10-8-5-3-2-4-6-8/h2-5,9H,1H3;2-7,9H,1H3. The average Bonchev–Trinajstić information content (AvgIpc) is 2.48. The zero-order valence-electron chi connectivity index (χ0n) is 11.9. The molecule has 2 aromatic rings. The highest BCUT2D eigenvalue weighted by atomic mass is 16.6. The van der Waals surface area contributed by atoms with Crippen LogP contribution in [0.2, 0.25) is 0 Å². The minimum atomic E-state index is -0.734. The fraction of sp³-hybridized carbons (Fsp3) is 0.188. The molecular formula is C16H18O5. The van der Waals surface area contributed by atoms with E-state index in [0.29, 0.717) is 11.3 Å². The summed E-state index contributed by atoms with van der Waals surface area (Å²) in [7, 11) is 1.31. The summed E-state index contributed by atoms with van der Waals surface area (Å²) >= 11 is 0. The highest BCUT2D eigenvalue weighted by molar-refractivity contribution is 5.89. The number of rotatable bonds is 3. The van der Waals surface area contributed by atoms with Gasteiger partial charge in [-0.25, -0.2) is 4.79 Å². The van der Waals surface area contributed by atoms with Crippen LogP contribution in [0.4, 0.5) is 0 Å². The van der Waals surface area contributed by atoms with Crippen LogP contribution in [0.15, 0.2) is 54.6 Å². The van der Waals surface area contributed by atoms with Gasteiger partial charge in [0, 0.05) is 0 Å². The maximum atomic E-state index is 10.8. The first kappa shape index (κ1) is 16.5. The first-order chi connectivity index (χ1) is 10.0. The van der Waals surface area contributed by atoms with Crippen molar-refractivity contribution in [2.45, 2.75) is 13.2 Å². The third-order valence-electron chi connectivity index (χ3n) is 2.34. The number of aliphatic hydroxyl groups is 1. The zero-order valence-corrected chi connectivity index (χ0v) is 11.9. The molecule has 0 spiro atoms. The van der Waals surface area contributed by atoms with Gasteiger partial charge in [0.25, 0.3) is 0 Å². The second-order valence-corrected chi connectivity index (χ2v) is 4.07. The second kappa shape index (κ2) is 8.60. The van der Waals surface area contributed by atoms with Crippen molar-refractivity contribution < 1.29 is 24.5 Å². The molecule has 0 radical (unpaired) electrons. The first-order valence-electron chi connectivity index (χ1n) is 6.30. The molecule has 0 saturated heterocycles. The monoisotopic (exact) mass is 290 g/mol. The largest absolute Gasteiger partial charge is 0.508 e. The van der Waals surface area contributed by atoms with E-state index in [0.717, 1.165) is 0 Å². The van der Waals surface area contributed by atoms with Crippen molar-refractivity contribution in [3.63, 3.8) is 0 Å². The highest BCUT2D eigenvalue weighted by Crippen LogP contribution is 2.10. The Bertz CT molecular complexity index is 534. The van der Waals surface area contributed by atoms with Gasteiger partial charge in [-0.15, -0.1) is 0 Å². The van der Waals surface area contributed by atoms with Crippen LogP contribution in [-0.4, -0.2) is 29.6 Å². The minimum Gasteiger partial charge on any atom is -0.508 e. The molecule has 2 aromatic carbocycles. The van der Waals surface area contributed by atoms with E-state index >= 15 is 0 Å². The van der Waals surface area contributed by atoms with Crippen LogP contribution < -0.4 is 4.74 Å². The van der Waals surface area contributed by atoms with E-state index in [-0.39, 0.29) is 5.75 Å². The van der Waals surface area contributed by atoms with Gasteiger partial charge in [-0.1, -0.05) is 18.2 Å². The Morgan fingerprint density at radius 1 is 1.05 bits per heavy atom. The van der Waals surface area contributed by atoms with Crippen LogP contribution in [0.5, 0.6) is 11.5 Å². The Labute approximate surface area is 123 Å².